The number of methoxy groups -OCH3 is 1. The Hall–Kier alpha value is -2.67. The first-order valence-electron chi connectivity index (χ1n) is 8.30. The quantitative estimate of drug-likeness (QED) is 0.781. The van der Waals surface area contributed by atoms with Gasteiger partial charge in [-0.25, -0.2) is 14.8 Å². The van der Waals surface area contributed by atoms with Crippen molar-refractivity contribution in [3.63, 3.8) is 0 Å². The molecule has 7 nitrogen and oxygen atoms in total. The number of aromatic nitrogens is 2. The minimum atomic E-state index is -0.356. The first kappa shape index (κ1) is 17.2. The molecule has 2 N–H and O–H groups in total. The van der Waals surface area contributed by atoms with Crippen molar-refractivity contribution in [3.8, 4) is 0 Å². The Kier molecular flexibility index (Phi) is 5.45. The smallest absolute Gasteiger partial charge is 0.337 e. The lowest BCUT2D eigenvalue weighted by atomic mass is 10.2. The second-order valence-corrected chi connectivity index (χ2v) is 5.90. The standard InChI is InChI=1S/C18H22N4O3/c1-12-20-16(19-11-15-4-3-9-25-15)10-17(21-12)22-14-7-5-13(6-8-14)18(23)24-2/h5-8,10,15H,3-4,9,11H2,1-2H3,(H2,19,20,21,22). The van der Waals surface area contributed by atoms with Crippen LogP contribution in [0.3, 0.4) is 0 Å². The predicted molar refractivity (Wildman–Crippen MR) is 95.3 cm³/mol. The Morgan fingerprint density at radius 2 is 2.04 bits per heavy atom. The predicted octanol–water partition coefficient (Wildman–Crippen LogP) is 2.91. The molecule has 1 saturated heterocycles. The highest BCUT2D eigenvalue weighted by Crippen LogP contribution is 2.19. The van der Waals surface area contributed by atoms with Crippen molar-refractivity contribution in [1.29, 1.82) is 0 Å². The first-order valence-corrected chi connectivity index (χ1v) is 8.30. The van der Waals surface area contributed by atoms with Gasteiger partial charge >= 0.3 is 5.97 Å². The van der Waals surface area contributed by atoms with Crippen LogP contribution in [0.25, 0.3) is 0 Å². The molecule has 1 fully saturated rings. The summed E-state index contributed by atoms with van der Waals surface area (Å²) < 4.78 is 10.3. The fraction of sp³-hybridized carbons (Fsp3) is 0.389. The minimum Gasteiger partial charge on any atom is -0.465 e. The van der Waals surface area contributed by atoms with Crippen LogP contribution in [-0.2, 0) is 9.47 Å². The molecule has 1 aliphatic rings. The van der Waals surface area contributed by atoms with Gasteiger partial charge in [0.05, 0.1) is 18.8 Å². The zero-order valence-corrected chi connectivity index (χ0v) is 14.4. The molecule has 1 aromatic carbocycles. The van der Waals surface area contributed by atoms with Gasteiger partial charge in [0.2, 0.25) is 0 Å². The number of ether oxygens (including phenoxy) is 2. The molecule has 0 radical (unpaired) electrons. The van der Waals surface area contributed by atoms with Crippen molar-refractivity contribution < 1.29 is 14.3 Å². The summed E-state index contributed by atoms with van der Waals surface area (Å²) in [6.07, 6.45) is 2.44. The van der Waals surface area contributed by atoms with Gasteiger partial charge in [-0.15, -0.1) is 0 Å². The number of anilines is 3. The number of carbonyl (C=O) groups is 1. The Morgan fingerprint density at radius 3 is 2.72 bits per heavy atom. The number of aryl methyl sites for hydroxylation is 1. The van der Waals surface area contributed by atoms with Crippen LogP contribution in [-0.4, -0.2) is 42.3 Å². The average molecular weight is 342 g/mol. The molecule has 1 aromatic heterocycles. The van der Waals surface area contributed by atoms with Crippen LogP contribution < -0.4 is 10.6 Å². The molecule has 25 heavy (non-hydrogen) atoms. The molecule has 7 heteroatoms. The molecule has 2 aromatic rings. The van der Waals surface area contributed by atoms with Crippen molar-refractivity contribution in [2.75, 3.05) is 30.9 Å². The van der Waals surface area contributed by atoms with E-state index in [9.17, 15) is 4.79 Å². The lowest BCUT2D eigenvalue weighted by Gasteiger charge is -2.13. The van der Waals surface area contributed by atoms with E-state index < -0.39 is 0 Å². The maximum atomic E-state index is 11.5. The molecular weight excluding hydrogens is 320 g/mol. The van der Waals surface area contributed by atoms with E-state index in [1.54, 1.807) is 12.1 Å². The van der Waals surface area contributed by atoms with Crippen LogP contribution in [0.2, 0.25) is 0 Å². The normalized spacial score (nSPS) is 16.5. The summed E-state index contributed by atoms with van der Waals surface area (Å²) in [6, 6.07) is 8.89. The zero-order valence-electron chi connectivity index (χ0n) is 14.4. The lowest BCUT2D eigenvalue weighted by molar-refractivity contribution is 0.0601. The third-order valence-corrected chi connectivity index (χ3v) is 3.95. The second-order valence-electron chi connectivity index (χ2n) is 5.90. The molecule has 3 rings (SSSR count). The van der Waals surface area contributed by atoms with Crippen LogP contribution in [0.5, 0.6) is 0 Å². The first-order chi connectivity index (χ1) is 12.1. The summed E-state index contributed by atoms with van der Waals surface area (Å²) >= 11 is 0. The van der Waals surface area contributed by atoms with E-state index in [1.807, 2.05) is 25.1 Å². The Labute approximate surface area is 146 Å². The Morgan fingerprint density at radius 1 is 1.28 bits per heavy atom. The Bertz CT molecular complexity index is 728. The molecule has 0 amide bonds. The molecule has 1 aliphatic heterocycles. The van der Waals surface area contributed by atoms with E-state index in [0.717, 1.165) is 37.5 Å². The molecule has 2 heterocycles. The van der Waals surface area contributed by atoms with E-state index in [4.69, 9.17) is 9.47 Å². The number of benzene rings is 1. The van der Waals surface area contributed by atoms with Crippen LogP contribution in [0.15, 0.2) is 30.3 Å². The number of hydrogen-bond donors (Lipinski definition) is 2. The van der Waals surface area contributed by atoms with Crippen molar-refractivity contribution in [1.82, 2.24) is 9.97 Å². The number of rotatable bonds is 6. The van der Waals surface area contributed by atoms with E-state index in [1.165, 1.54) is 7.11 Å². The maximum absolute atomic E-state index is 11.5. The van der Waals surface area contributed by atoms with Crippen molar-refractivity contribution >= 4 is 23.3 Å². The highest BCUT2D eigenvalue weighted by molar-refractivity contribution is 5.89. The van der Waals surface area contributed by atoms with Gasteiger partial charge in [0.15, 0.2) is 0 Å². The van der Waals surface area contributed by atoms with E-state index in [0.29, 0.717) is 17.2 Å². The van der Waals surface area contributed by atoms with Gasteiger partial charge in [-0.1, -0.05) is 0 Å². The number of nitrogens with zero attached hydrogens (tertiary/aromatic N) is 2. The molecular formula is C18H22N4O3. The summed E-state index contributed by atoms with van der Waals surface area (Å²) in [5.74, 6) is 1.76. The second kappa shape index (κ2) is 7.94. The van der Waals surface area contributed by atoms with E-state index in [2.05, 4.69) is 20.6 Å². The van der Waals surface area contributed by atoms with Gasteiger partial charge in [-0.05, 0) is 44.0 Å². The molecule has 132 valence electrons. The van der Waals surface area contributed by atoms with Crippen LogP contribution in [0, 0.1) is 6.92 Å². The summed E-state index contributed by atoms with van der Waals surface area (Å²) in [4.78, 5) is 20.3. The number of carbonyl (C=O) groups excluding carboxylic acids is 1. The van der Waals surface area contributed by atoms with Gasteiger partial charge in [0.1, 0.15) is 17.5 Å². The van der Waals surface area contributed by atoms with E-state index >= 15 is 0 Å². The largest absolute Gasteiger partial charge is 0.465 e. The monoisotopic (exact) mass is 342 g/mol. The number of nitrogens with one attached hydrogen (secondary N) is 2. The SMILES string of the molecule is COC(=O)c1ccc(Nc2cc(NCC3CCCO3)nc(C)n2)cc1. The van der Waals surface area contributed by atoms with Gasteiger partial charge in [-0.2, -0.15) is 0 Å². The molecule has 1 atom stereocenters. The van der Waals surface area contributed by atoms with Crippen LogP contribution in [0.1, 0.15) is 29.0 Å². The van der Waals surface area contributed by atoms with E-state index in [-0.39, 0.29) is 12.1 Å². The molecule has 0 bridgehead atoms. The number of esters is 1. The fourth-order valence-electron chi connectivity index (χ4n) is 2.70. The minimum absolute atomic E-state index is 0.248. The topological polar surface area (TPSA) is 85.4 Å². The van der Waals surface area contributed by atoms with Crippen molar-refractivity contribution in [2.24, 2.45) is 0 Å². The maximum Gasteiger partial charge on any atom is 0.337 e. The van der Waals surface area contributed by atoms with Gasteiger partial charge < -0.3 is 20.1 Å². The van der Waals surface area contributed by atoms with Gasteiger partial charge in [-0.3, -0.25) is 0 Å². The molecule has 0 saturated carbocycles. The summed E-state index contributed by atoms with van der Waals surface area (Å²) in [6.45, 7) is 3.43. The molecule has 1 unspecified atom stereocenters. The van der Waals surface area contributed by atoms with Crippen LogP contribution >= 0.6 is 0 Å². The van der Waals surface area contributed by atoms with Gasteiger partial charge in [0.25, 0.3) is 0 Å². The third kappa shape index (κ3) is 4.67. The van der Waals surface area contributed by atoms with Gasteiger partial charge in [0, 0.05) is 24.9 Å². The average Bonchev–Trinajstić information content (AvgIpc) is 3.13. The Balaban J connectivity index is 1.66. The third-order valence-electron chi connectivity index (χ3n) is 3.95. The summed E-state index contributed by atoms with van der Waals surface area (Å²) in [5, 5.41) is 6.53. The highest BCUT2D eigenvalue weighted by Gasteiger charge is 2.15. The zero-order chi connectivity index (χ0) is 17.6. The highest BCUT2D eigenvalue weighted by atomic mass is 16.5. The fourth-order valence-corrected chi connectivity index (χ4v) is 2.70. The van der Waals surface area contributed by atoms with Crippen molar-refractivity contribution in [3.05, 3.63) is 41.7 Å². The summed E-state index contributed by atoms with van der Waals surface area (Å²) in [7, 11) is 1.36. The summed E-state index contributed by atoms with van der Waals surface area (Å²) in [5.41, 5.74) is 1.33. The van der Waals surface area contributed by atoms with Crippen molar-refractivity contribution in [2.45, 2.75) is 25.9 Å². The van der Waals surface area contributed by atoms with Crippen LogP contribution in [0.4, 0.5) is 17.3 Å². The lowest BCUT2D eigenvalue weighted by Crippen LogP contribution is -2.19. The molecule has 0 aliphatic carbocycles. The number of hydrogen-bond acceptors (Lipinski definition) is 7. The molecule has 0 spiro atoms.